The molecule has 0 bridgehead atoms. The van der Waals surface area contributed by atoms with E-state index in [1.807, 2.05) is 0 Å². The van der Waals surface area contributed by atoms with Crippen molar-refractivity contribution in [2.24, 2.45) is 0 Å². The summed E-state index contributed by atoms with van der Waals surface area (Å²) in [6, 6.07) is 5.50. The molecule has 6 nitrogen and oxygen atoms in total. The Morgan fingerprint density at radius 3 is 2.74 bits per heavy atom. The molecule has 0 aliphatic heterocycles. The summed E-state index contributed by atoms with van der Waals surface area (Å²) in [5.41, 5.74) is 0.618. The van der Waals surface area contributed by atoms with Crippen molar-refractivity contribution in [2.75, 3.05) is 12.8 Å². The Morgan fingerprint density at radius 1 is 1.47 bits per heavy atom. The highest BCUT2D eigenvalue weighted by atomic mass is 32.2. The number of sulfonamides is 1. The van der Waals surface area contributed by atoms with Crippen LogP contribution in [-0.4, -0.2) is 42.5 Å². The smallest absolute Gasteiger partial charge is 0.235 e. The van der Waals surface area contributed by atoms with Gasteiger partial charge in [0.05, 0.1) is 25.0 Å². The van der Waals surface area contributed by atoms with Gasteiger partial charge in [-0.05, 0) is 25.0 Å². The molecule has 1 amide bonds. The van der Waals surface area contributed by atoms with Crippen molar-refractivity contribution in [3.05, 3.63) is 30.1 Å². The number of nitrogens with zero attached hydrogens (tertiary/aromatic N) is 2. The van der Waals surface area contributed by atoms with Crippen LogP contribution in [0.15, 0.2) is 24.4 Å². The fraction of sp³-hybridized carbons (Fsp3) is 0.500. The van der Waals surface area contributed by atoms with E-state index in [-0.39, 0.29) is 25.0 Å². The lowest BCUT2D eigenvalue weighted by Gasteiger charge is -2.19. The standard InChI is InChI=1S/C12H17N3O3S/c1-19(17,18)15(8-11-4-2-3-7-13-11)9-12(16)14-10-5-6-10/h2-4,7,10H,5-6,8-9H2,1H3,(H,14,16). The second-order valence-electron chi connectivity index (χ2n) is 4.69. The molecule has 0 spiro atoms. The van der Waals surface area contributed by atoms with Crippen LogP contribution in [0.25, 0.3) is 0 Å². The summed E-state index contributed by atoms with van der Waals surface area (Å²) in [4.78, 5) is 15.8. The third-order valence-electron chi connectivity index (χ3n) is 2.80. The molecule has 1 aromatic rings. The third-order valence-corrected chi connectivity index (χ3v) is 3.99. The lowest BCUT2D eigenvalue weighted by molar-refractivity contribution is -0.121. The summed E-state index contributed by atoms with van der Waals surface area (Å²) in [6.07, 6.45) is 4.65. The van der Waals surface area contributed by atoms with Gasteiger partial charge in [-0.1, -0.05) is 6.07 Å². The Bertz CT molecular complexity index is 541. The summed E-state index contributed by atoms with van der Waals surface area (Å²) in [7, 11) is -3.44. The Kier molecular flexibility index (Phi) is 4.16. The molecule has 2 rings (SSSR count). The van der Waals surface area contributed by atoms with Gasteiger partial charge in [0.1, 0.15) is 0 Å². The van der Waals surface area contributed by atoms with Crippen LogP contribution in [0, 0.1) is 0 Å². The first-order valence-electron chi connectivity index (χ1n) is 6.09. The van der Waals surface area contributed by atoms with E-state index in [1.54, 1.807) is 24.4 Å². The maximum Gasteiger partial charge on any atom is 0.235 e. The molecule has 1 aliphatic rings. The zero-order chi connectivity index (χ0) is 13.9. The van der Waals surface area contributed by atoms with Crippen LogP contribution < -0.4 is 5.32 Å². The van der Waals surface area contributed by atoms with Gasteiger partial charge in [0, 0.05) is 12.2 Å². The number of rotatable bonds is 6. The van der Waals surface area contributed by atoms with Crippen LogP contribution in [0.4, 0.5) is 0 Å². The maximum atomic E-state index is 11.7. The molecule has 0 saturated heterocycles. The first kappa shape index (κ1) is 14.0. The predicted molar refractivity (Wildman–Crippen MR) is 70.7 cm³/mol. The van der Waals surface area contributed by atoms with Crippen molar-refractivity contribution >= 4 is 15.9 Å². The first-order chi connectivity index (χ1) is 8.95. The fourth-order valence-electron chi connectivity index (χ4n) is 1.62. The largest absolute Gasteiger partial charge is 0.352 e. The molecule has 0 aromatic carbocycles. The lowest BCUT2D eigenvalue weighted by atomic mass is 10.3. The van der Waals surface area contributed by atoms with E-state index in [0.29, 0.717) is 5.69 Å². The fourth-order valence-corrected chi connectivity index (χ4v) is 2.34. The van der Waals surface area contributed by atoms with Crippen molar-refractivity contribution < 1.29 is 13.2 Å². The molecule has 1 heterocycles. The van der Waals surface area contributed by atoms with E-state index < -0.39 is 10.0 Å². The molecule has 19 heavy (non-hydrogen) atoms. The van der Waals surface area contributed by atoms with Gasteiger partial charge in [0.25, 0.3) is 0 Å². The Balaban J connectivity index is 2.01. The summed E-state index contributed by atoms with van der Waals surface area (Å²) >= 11 is 0. The maximum absolute atomic E-state index is 11.7. The molecule has 0 radical (unpaired) electrons. The normalized spacial score (nSPS) is 15.5. The zero-order valence-electron chi connectivity index (χ0n) is 10.7. The number of hydrogen-bond donors (Lipinski definition) is 1. The molecule has 1 saturated carbocycles. The first-order valence-corrected chi connectivity index (χ1v) is 7.94. The van der Waals surface area contributed by atoms with Crippen molar-refractivity contribution in [3.8, 4) is 0 Å². The van der Waals surface area contributed by atoms with Gasteiger partial charge in [-0.25, -0.2) is 8.42 Å². The van der Waals surface area contributed by atoms with Crippen molar-refractivity contribution in [1.82, 2.24) is 14.6 Å². The Morgan fingerprint density at radius 2 is 2.21 bits per heavy atom. The Hall–Kier alpha value is -1.47. The lowest BCUT2D eigenvalue weighted by Crippen LogP contribution is -2.40. The number of hydrogen-bond acceptors (Lipinski definition) is 4. The number of aromatic nitrogens is 1. The topological polar surface area (TPSA) is 79.4 Å². The monoisotopic (exact) mass is 283 g/mol. The van der Waals surface area contributed by atoms with Crippen LogP contribution in [-0.2, 0) is 21.4 Å². The third kappa shape index (κ3) is 4.60. The molecule has 1 aromatic heterocycles. The zero-order valence-corrected chi connectivity index (χ0v) is 11.6. The second-order valence-corrected chi connectivity index (χ2v) is 6.68. The number of nitrogens with one attached hydrogen (secondary N) is 1. The summed E-state index contributed by atoms with van der Waals surface area (Å²) < 4.78 is 24.5. The van der Waals surface area contributed by atoms with Gasteiger partial charge in [-0.2, -0.15) is 4.31 Å². The van der Waals surface area contributed by atoms with E-state index >= 15 is 0 Å². The van der Waals surface area contributed by atoms with Gasteiger partial charge in [-0.15, -0.1) is 0 Å². The molecule has 0 atom stereocenters. The molecule has 0 unspecified atom stereocenters. The average Bonchev–Trinajstić information content (AvgIpc) is 3.12. The second kappa shape index (κ2) is 5.66. The van der Waals surface area contributed by atoms with Gasteiger partial charge < -0.3 is 5.32 Å². The molecule has 1 fully saturated rings. The molecular formula is C12H17N3O3S. The van der Waals surface area contributed by atoms with E-state index in [1.165, 1.54) is 0 Å². The molecule has 7 heteroatoms. The minimum Gasteiger partial charge on any atom is -0.352 e. The van der Waals surface area contributed by atoms with E-state index in [0.717, 1.165) is 23.4 Å². The number of pyridine rings is 1. The minimum absolute atomic E-state index is 0.109. The van der Waals surface area contributed by atoms with Gasteiger partial charge in [0.2, 0.25) is 15.9 Å². The van der Waals surface area contributed by atoms with Crippen molar-refractivity contribution in [3.63, 3.8) is 0 Å². The van der Waals surface area contributed by atoms with Crippen LogP contribution in [0.1, 0.15) is 18.5 Å². The van der Waals surface area contributed by atoms with Crippen LogP contribution >= 0.6 is 0 Å². The van der Waals surface area contributed by atoms with Crippen molar-refractivity contribution in [2.45, 2.75) is 25.4 Å². The molecule has 1 N–H and O–H groups in total. The quantitative estimate of drug-likeness (QED) is 0.804. The highest BCUT2D eigenvalue weighted by molar-refractivity contribution is 7.88. The molecular weight excluding hydrogens is 266 g/mol. The van der Waals surface area contributed by atoms with Crippen molar-refractivity contribution in [1.29, 1.82) is 0 Å². The van der Waals surface area contributed by atoms with Crippen LogP contribution in [0.2, 0.25) is 0 Å². The average molecular weight is 283 g/mol. The molecule has 1 aliphatic carbocycles. The highest BCUT2D eigenvalue weighted by Gasteiger charge is 2.26. The Labute approximate surface area is 112 Å². The van der Waals surface area contributed by atoms with E-state index in [2.05, 4.69) is 10.3 Å². The van der Waals surface area contributed by atoms with E-state index in [9.17, 15) is 13.2 Å². The predicted octanol–water partition coefficient (Wildman–Crippen LogP) is 0.122. The highest BCUT2D eigenvalue weighted by Crippen LogP contribution is 2.18. The molecule has 104 valence electrons. The minimum atomic E-state index is -3.44. The van der Waals surface area contributed by atoms with Crippen LogP contribution in [0.3, 0.4) is 0 Å². The number of carbonyl (C=O) groups is 1. The van der Waals surface area contributed by atoms with E-state index in [4.69, 9.17) is 0 Å². The van der Waals surface area contributed by atoms with Gasteiger partial charge in [-0.3, -0.25) is 9.78 Å². The van der Waals surface area contributed by atoms with Gasteiger partial charge >= 0.3 is 0 Å². The summed E-state index contributed by atoms with van der Waals surface area (Å²) in [6.45, 7) is -0.0519. The SMILES string of the molecule is CS(=O)(=O)N(CC(=O)NC1CC1)Cc1ccccn1. The van der Waals surface area contributed by atoms with Gasteiger partial charge in [0.15, 0.2) is 0 Å². The summed E-state index contributed by atoms with van der Waals surface area (Å²) in [5, 5.41) is 2.78. The number of carbonyl (C=O) groups excluding carboxylic acids is 1. The summed E-state index contributed by atoms with van der Waals surface area (Å²) in [5.74, 6) is -0.260. The van der Waals surface area contributed by atoms with Crippen LogP contribution in [0.5, 0.6) is 0 Å². The number of amides is 1.